The Labute approximate surface area is 115 Å². The monoisotopic (exact) mass is 275 g/mol. The molecule has 0 radical (unpaired) electrons. The lowest BCUT2D eigenvalue weighted by atomic mass is 10.3. The third-order valence-corrected chi connectivity index (χ3v) is 3.63. The molecule has 1 aliphatic carbocycles. The zero-order valence-corrected chi connectivity index (χ0v) is 11.3. The van der Waals surface area contributed by atoms with Crippen LogP contribution < -0.4 is 11.5 Å². The summed E-state index contributed by atoms with van der Waals surface area (Å²) in [6.07, 6.45) is 2.10. The molecule has 0 saturated heterocycles. The van der Waals surface area contributed by atoms with Gasteiger partial charge in [0.2, 0.25) is 5.91 Å². The van der Waals surface area contributed by atoms with Crippen LogP contribution in [0.3, 0.4) is 0 Å². The van der Waals surface area contributed by atoms with Crippen LogP contribution in [0.2, 0.25) is 0 Å². The number of rotatable bonds is 4. The Hall–Kier alpha value is -2.24. The van der Waals surface area contributed by atoms with Crippen LogP contribution in [0.4, 0.5) is 5.69 Å². The standard InChI is InChI=1S/C14H17N3O3/c1-2-16(10-4-5-10)13(18)8-17-11-7-9(15)3-6-12(11)20-14(17)19/h3,6-7,10H,2,4-5,8,15H2,1H3. The van der Waals surface area contributed by atoms with Gasteiger partial charge in [0.05, 0.1) is 5.52 Å². The number of anilines is 1. The molecule has 1 fully saturated rings. The van der Waals surface area contributed by atoms with Crippen molar-refractivity contribution in [2.75, 3.05) is 12.3 Å². The van der Waals surface area contributed by atoms with E-state index in [0.29, 0.717) is 29.4 Å². The highest BCUT2D eigenvalue weighted by Gasteiger charge is 2.31. The molecule has 6 heteroatoms. The molecule has 1 saturated carbocycles. The quantitative estimate of drug-likeness (QED) is 0.850. The number of oxazole rings is 1. The van der Waals surface area contributed by atoms with Gasteiger partial charge in [-0.3, -0.25) is 9.36 Å². The molecule has 2 N–H and O–H groups in total. The number of nitrogens with two attached hydrogens (primary N) is 1. The summed E-state index contributed by atoms with van der Waals surface area (Å²) >= 11 is 0. The Morgan fingerprint density at radius 2 is 2.25 bits per heavy atom. The highest BCUT2D eigenvalue weighted by molar-refractivity contribution is 5.81. The van der Waals surface area contributed by atoms with Crippen LogP contribution in [0.1, 0.15) is 19.8 Å². The van der Waals surface area contributed by atoms with Gasteiger partial charge in [0.15, 0.2) is 5.58 Å². The molecule has 0 unspecified atom stereocenters. The molecule has 20 heavy (non-hydrogen) atoms. The number of hydrogen-bond donors (Lipinski definition) is 1. The van der Waals surface area contributed by atoms with Gasteiger partial charge >= 0.3 is 5.76 Å². The summed E-state index contributed by atoms with van der Waals surface area (Å²) in [5.74, 6) is -0.576. The molecule has 1 aliphatic rings. The first kappa shape index (κ1) is 12.8. The number of nitrogens with zero attached hydrogens (tertiary/aromatic N) is 2. The minimum atomic E-state index is -0.522. The predicted octanol–water partition coefficient (Wildman–Crippen LogP) is 1.19. The van der Waals surface area contributed by atoms with E-state index >= 15 is 0 Å². The van der Waals surface area contributed by atoms with E-state index in [-0.39, 0.29) is 12.5 Å². The number of aromatic nitrogens is 1. The van der Waals surface area contributed by atoms with Crippen LogP contribution in [0.15, 0.2) is 27.4 Å². The third-order valence-electron chi connectivity index (χ3n) is 3.63. The van der Waals surface area contributed by atoms with Crippen LogP contribution in [0, 0.1) is 0 Å². The summed E-state index contributed by atoms with van der Waals surface area (Å²) in [6.45, 7) is 2.61. The molecule has 1 amide bonds. The summed E-state index contributed by atoms with van der Waals surface area (Å²) in [4.78, 5) is 26.0. The summed E-state index contributed by atoms with van der Waals surface area (Å²) in [5, 5.41) is 0. The van der Waals surface area contributed by atoms with Crippen molar-refractivity contribution in [3.8, 4) is 0 Å². The first-order valence-corrected chi connectivity index (χ1v) is 6.78. The van der Waals surface area contributed by atoms with Crippen molar-refractivity contribution in [3.05, 3.63) is 28.7 Å². The second-order valence-corrected chi connectivity index (χ2v) is 5.09. The molecule has 3 rings (SSSR count). The Bertz CT molecular complexity index is 712. The molecule has 6 nitrogen and oxygen atoms in total. The molecular weight excluding hydrogens is 258 g/mol. The Balaban J connectivity index is 1.93. The first-order chi connectivity index (χ1) is 9.60. The average molecular weight is 275 g/mol. The van der Waals surface area contributed by atoms with E-state index in [2.05, 4.69) is 0 Å². The lowest BCUT2D eigenvalue weighted by Gasteiger charge is -2.20. The van der Waals surface area contributed by atoms with Crippen molar-refractivity contribution >= 4 is 22.7 Å². The van der Waals surface area contributed by atoms with Gasteiger partial charge in [-0.05, 0) is 38.0 Å². The smallest absolute Gasteiger partial charge is 0.408 e. The van der Waals surface area contributed by atoms with Crippen LogP contribution >= 0.6 is 0 Å². The third kappa shape index (κ3) is 2.17. The van der Waals surface area contributed by atoms with E-state index in [1.165, 1.54) is 4.57 Å². The maximum absolute atomic E-state index is 12.3. The van der Waals surface area contributed by atoms with E-state index in [1.807, 2.05) is 11.8 Å². The van der Waals surface area contributed by atoms with E-state index in [9.17, 15) is 9.59 Å². The SMILES string of the molecule is CCN(C(=O)Cn1c(=O)oc2ccc(N)cc21)C1CC1. The molecule has 1 aromatic carbocycles. The molecular formula is C14H17N3O3. The molecule has 0 bridgehead atoms. The maximum Gasteiger partial charge on any atom is 0.420 e. The van der Waals surface area contributed by atoms with Gasteiger partial charge in [-0.25, -0.2) is 4.79 Å². The maximum atomic E-state index is 12.3. The minimum absolute atomic E-state index is 0.000370. The van der Waals surface area contributed by atoms with Gasteiger partial charge in [-0.1, -0.05) is 0 Å². The van der Waals surface area contributed by atoms with Crippen molar-refractivity contribution in [1.29, 1.82) is 0 Å². The zero-order valence-electron chi connectivity index (χ0n) is 11.3. The van der Waals surface area contributed by atoms with Gasteiger partial charge in [-0.15, -0.1) is 0 Å². The van der Waals surface area contributed by atoms with Crippen molar-refractivity contribution < 1.29 is 9.21 Å². The first-order valence-electron chi connectivity index (χ1n) is 6.78. The number of fused-ring (bicyclic) bond motifs is 1. The Morgan fingerprint density at radius 3 is 2.90 bits per heavy atom. The van der Waals surface area contributed by atoms with Crippen molar-refractivity contribution in [2.24, 2.45) is 0 Å². The van der Waals surface area contributed by atoms with E-state index < -0.39 is 5.76 Å². The fraction of sp³-hybridized carbons (Fsp3) is 0.429. The number of nitrogen functional groups attached to an aromatic ring is 1. The topological polar surface area (TPSA) is 81.5 Å². The zero-order chi connectivity index (χ0) is 14.3. The van der Waals surface area contributed by atoms with Crippen LogP contribution in [-0.2, 0) is 11.3 Å². The average Bonchev–Trinajstić information content (AvgIpc) is 3.19. The molecule has 2 aromatic rings. The number of amides is 1. The van der Waals surface area contributed by atoms with Crippen LogP contribution in [-0.4, -0.2) is 28.0 Å². The van der Waals surface area contributed by atoms with Crippen molar-refractivity contribution in [2.45, 2.75) is 32.4 Å². The number of hydrogen-bond acceptors (Lipinski definition) is 4. The summed E-state index contributed by atoms with van der Waals surface area (Å²) in [5.41, 5.74) is 7.28. The van der Waals surface area contributed by atoms with Crippen LogP contribution in [0.5, 0.6) is 0 Å². The molecule has 106 valence electrons. The van der Waals surface area contributed by atoms with Gasteiger partial charge in [0, 0.05) is 18.3 Å². The molecule has 1 heterocycles. The van der Waals surface area contributed by atoms with Gasteiger partial charge in [-0.2, -0.15) is 0 Å². The van der Waals surface area contributed by atoms with E-state index in [4.69, 9.17) is 10.2 Å². The second kappa shape index (κ2) is 4.70. The molecule has 0 aliphatic heterocycles. The predicted molar refractivity (Wildman–Crippen MR) is 75.3 cm³/mol. The largest absolute Gasteiger partial charge is 0.420 e. The normalized spacial score (nSPS) is 14.7. The Morgan fingerprint density at radius 1 is 1.50 bits per heavy atom. The Kier molecular flexibility index (Phi) is 3.00. The van der Waals surface area contributed by atoms with Crippen molar-refractivity contribution in [1.82, 2.24) is 9.47 Å². The van der Waals surface area contributed by atoms with Crippen molar-refractivity contribution in [3.63, 3.8) is 0 Å². The molecule has 0 spiro atoms. The lowest BCUT2D eigenvalue weighted by Crippen LogP contribution is -2.37. The van der Waals surface area contributed by atoms with E-state index in [1.54, 1.807) is 18.2 Å². The number of carbonyl (C=O) groups excluding carboxylic acids is 1. The highest BCUT2D eigenvalue weighted by atomic mass is 16.4. The number of benzene rings is 1. The number of likely N-dealkylation sites (N-methyl/N-ethyl adjacent to an activating group) is 1. The molecule has 0 atom stereocenters. The van der Waals surface area contributed by atoms with Gasteiger partial charge in [0.25, 0.3) is 0 Å². The fourth-order valence-corrected chi connectivity index (χ4v) is 2.48. The van der Waals surface area contributed by atoms with Gasteiger partial charge in [0.1, 0.15) is 6.54 Å². The van der Waals surface area contributed by atoms with Gasteiger partial charge < -0.3 is 15.1 Å². The summed E-state index contributed by atoms with van der Waals surface area (Å²) < 4.78 is 6.47. The summed E-state index contributed by atoms with van der Waals surface area (Å²) in [7, 11) is 0. The molecule has 1 aromatic heterocycles. The van der Waals surface area contributed by atoms with E-state index in [0.717, 1.165) is 12.8 Å². The number of carbonyl (C=O) groups is 1. The fourth-order valence-electron chi connectivity index (χ4n) is 2.48. The lowest BCUT2D eigenvalue weighted by molar-refractivity contribution is -0.132. The highest BCUT2D eigenvalue weighted by Crippen LogP contribution is 2.27. The second-order valence-electron chi connectivity index (χ2n) is 5.09. The summed E-state index contributed by atoms with van der Waals surface area (Å²) in [6, 6.07) is 5.30. The van der Waals surface area contributed by atoms with Crippen LogP contribution in [0.25, 0.3) is 11.1 Å². The minimum Gasteiger partial charge on any atom is -0.408 e.